The van der Waals surface area contributed by atoms with Gasteiger partial charge in [-0.05, 0) is 134 Å². The molecule has 0 fully saturated rings. The molecule has 2 aromatic heterocycles. The SMILES string of the molecule is CN.CNC(=O)c1cnc(C)nc1-c1cc(C(C)(C)C)c(O)c(C(C)(C)C)c1.CNN.COC(=O)C(=CN(C)C)C(=O)c1cc(C(C)(C)C)c(O)c(C(C)(C)C)c1.COC(=O)CC(=O)c1cc(C(C)(C)C)c(O)c(C(C)(C)C)c1.COC(=O)c1cnc(C)nc1-c1cc(C(C)(C)C)c(O)c(C(C)(C)C)c1.COC(OC)N(C)C. The topological polar surface area (TPSA) is 364 Å². The number of hydrogen-bond donors (Lipinski definition) is 8. The van der Waals surface area contributed by atoms with Crippen molar-refractivity contribution < 1.29 is 72.9 Å². The van der Waals surface area contributed by atoms with Crippen molar-refractivity contribution in [2.24, 2.45) is 11.6 Å². The third-order valence-electron chi connectivity index (χ3n) is 17.1. The molecule has 1 amide bonds. The number of phenolic OH excluding ortho intramolecular Hbond substituents is 4. The fourth-order valence-electron chi connectivity index (χ4n) is 11.2. The second kappa shape index (κ2) is 42.8. The highest BCUT2D eigenvalue weighted by Crippen LogP contribution is 2.46. The number of carbonyl (C=O) groups is 6. The minimum atomic E-state index is -0.689. The van der Waals surface area contributed by atoms with Crippen molar-refractivity contribution in [3.8, 4) is 45.5 Å². The van der Waals surface area contributed by atoms with Gasteiger partial charge in [-0.15, -0.1) is 0 Å². The molecule has 0 aliphatic heterocycles. The highest BCUT2D eigenvalue weighted by molar-refractivity contribution is 6.24. The first-order valence-corrected chi connectivity index (χ1v) is 37.2. The van der Waals surface area contributed by atoms with Gasteiger partial charge in [0, 0.05) is 121 Å². The fraction of sp³-hybridized carbons (Fsp3) is 0.545. The molecule has 2 heterocycles. The number of benzene rings is 4. The van der Waals surface area contributed by atoms with Crippen molar-refractivity contribution in [3.63, 3.8) is 0 Å². The molecule has 4 aromatic carbocycles. The Morgan fingerprint density at radius 1 is 0.460 bits per heavy atom. The molecule has 0 saturated carbocycles. The zero-order valence-electron chi connectivity index (χ0n) is 75.3. The number of phenols is 4. The Morgan fingerprint density at radius 3 is 0.982 bits per heavy atom. The molecule has 630 valence electrons. The van der Waals surface area contributed by atoms with E-state index in [4.69, 9.17) is 18.9 Å². The number of nitrogens with zero attached hydrogens (tertiary/aromatic N) is 6. The lowest BCUT2D eigenvalue weighted by Gasteiger charge is -2.28. The number of ketones is 2. The van der Waals surface area contributed by atoms with Gasteiger partial charge >= 0.3 is 17.9 Å². The minimum Gasteiger partial charge on any atom is -0.507 e. The normalized spacial score (nSPS) is 11.9. The first-order valence-electron chi connectivity index (χ1n) is 37.2. The average molecular weight is 1580 g/mol. The minimum absolute atomic E-state index is 0.0529. The number of Topliss-reactive ketones (excluding diaryl/α,β-unsaturated/α-hetero) is 2. The summed E-state index contributed by atoms with van der Waals surface area (Å²) < 4.78 is 23.9. The van der Waals surface area contributed by atoms with Gasteiger partial charge in [-0.1, -0.05) is 166 Å². The molecule has 0 atom stereocenters. The van der Waals surface area contributed by atoms with Gasteiger partial charge in [-0.3, -0.25) is 35.3 Å². The Morgan fingerprint density at radius 2 is 0.743 bits per heavy atom. The molecule has 0 aliphatic carbocycles. The molecule has 25 heteroatoms. The molecule has 0 aliphatic rings. The van der Waals surface area contributed by atoms with Gasteiger partial charge in [0.25, 0.3) is 5.91 Å². The number of ether oxygens (including phenoxy) is 5. The van der Waals surface area contributed by atoms with Crippen LogP contribution in [0, 0.1) is 13.8 Å². The summed E-state index contributed by atoms with van der Waals surface area (Å²) in [5, 5.41) is 45.8. The van der Waals surface area contributed by atoms with Crippen LogP contribution in [-0.2, 0) is 76.6 Å². The van der Waals surface area contributed by atoms with E-state index in [-0.39, 0.29) is 84.9 Å². The zero-order chi connectivity index (χ0) is 88.7. The Bertz CT molecular complexity index is 3950. The number of hydrazine groups is 1. The number of esters is 3. The van der Waals surface area contributed by atoms with Crippen molar-refractivity contribution in [1.82, 2.24) is 40.5 Å². The summed E-state index contributed by atoms with van der Waals surface area (Å²) in [7, 11) is 19.0. The van der Waals surface area contributed by atoms with Gasteiger partial charge in [0.15, 0.2) is 5.78 Å². The van der Waals surface area contributed by atoms with E-state index >= 15 is 0 Å². The second-order valence-corrected chi connectivity index (χ2v) is 35.6. The lowest BCUT2D eigenvalue weighted by Crippen LogP contribution is -2.30. The number of nitrogens with one attached hydrogen (secondary N) is 2. The van der Waals surface area contributed by atoms with E-state index in [9.17, 15) is 49.2 Å². The van der Waals surface area contributed by atoms with Crippen LogP contribution in [0.1, 0.15) is 270 Å². The standard InChI is InChI=1S/C21H29N3O2.C21H28N2O3.C21H31NO4.C18H26O4.C5H13NO2.CH6N2.CH5N/c1-12-23-11-14(19(26)22-8)17(24-12)13-9-15(20(2,3)4)18(25)16(10-13)21(5,6)7;1-12-22-11-14(19(25)26-8)17(23-12)13-9-15(20(2,3)4)18(24)16(10-13)21(5,6)7;1-20(2,3)15-10-13(11-16(18(15)24)21(4,5)6)17(23)14(12-22(7)8)19(25)26-9;1-17(2,3)12-8-11(14(19)10-15(20)22-7)9-13(16(12)21)18(4,5)6;1-6(2)5(7-3)8-4;1-3-2;1-2/h9-11,25H,1-8H3,(H,22,26);9-11,24H,1-8H3;10-12,24H,1-9H3;8-9,21H,10H2,1-7H3;5H,1-4H3;3H,2H2,1H3;2H2,1H3. The molecule has 0 spiro atoms. The summed E-state index contributed by atoms with van der Waals surface area (Å²) in [4.78, 5) is 94.1. The number of hydrogen-bond acceptors (Lipinski definition) is 24. The molecule has 6 rings (SSSR count). The van der Waals surface area contributed by atoms with Gasteiger partial charge in [0.1, 0.15) is 52.2 Å². The maximum atomic E-state index is 13.1. The maximum Gasteiger partial charge on any atom is 0.343 e. The summed E-state index contributed by atoms with van der Waals surface area (Å²) in [6.45, 7) is 51.9. The quantitative estimate of drug-likeness (QED) is 0.00578. The smallest absolute Gasteiger partial charge is 0.343 e. The number of carbonyl (C=O) groups excluding carboxylic acids is 6. The summed E-state index contributed by atoms with van der Waals surface area (Å²) in [5.41, 5.74) is 14.5. The van der Waals surface area contributed by atoms with Crippen LogP contribution >= 0.6 is 0 Å². The van der Waals surface area contributed by atoms with Gasteiger partial charge < -0.3 is 60.1 Å². The summed E-state index contributed by atoms with van der Waals surface area (Å²) >= 11 is 0. The van der Waals surface area contributed by atoms with Crippen LogP contribution in [0.15, 0.2) is 72.7 Å². The van der Waals surface area contributed by atoms with Gasteiger partial charge in [-0.2, -0.15) is 0 Å². The number of aryl methyl sites for hydroxylation is 2. The molecule has 0 bridgehead atoms. The number of rotatable bonds is 14. The third-order valence-corrected chi connectivity index (χ3v) is 17.1. The van der Waals surface area contributed by atoms with Crippen LogP contribution < -0.4 is 22.3 Å². The lowest BCUT2D eigenvalue weighted by atomic mass is 9.77. The van der Waals surface area contributed by atoms with Crippen molar-refractivity contribution in [2.45, 2.75) is 236 Å². The van der Waals surface area contributed by atoms with Crippen LogP contribution in [0.2, 0.25) is 0 Å². The highest BCUT2D eigenvalue weighted by atomic mass is 16.7. The molecule has 113 heavy (non-hydrogen) atoms. The number of aromatic hydroxyl groups is 4. The van der Waals surface area contributed by atoms with E-state index < -0.39 is 23.7 Å². The second-order valence-electron chi connectivity index (χ2n) is 35.6. The molecule has 0 radical (unpaired) electrons. The van der Waals surface area contributed by atoms with Gasteiger partial charge in [0.05, 0.1) is 38.3 Å². The number of methoxy groups -OCH3 is 5. The van der Waals surface area contributed by atoms with E-state index in [0.717, 1.165) is 33.4 Å². The average Bonchev–Trinajstić information content (AvgIpc) is 0.786. The highest BCUT2D eigenvalue weighted by Gasteiger charge is 2.34. The third kappa shape index (κ3) is 30.6. The summed E-state index contributed by atoms with van der Waals surface area (Å²) in [5.74, 6) is 4.06. The van der Waals surface area contributed by atoms with Crippen LogP contribution in [-0.4, -0.2) is 177 Å². The maximum absolute atomic E-state index is 13.1. The van der Waals surface area contributed by atoms with E-state index in [1.165, 1.54) is 40.8 Å². The Labute approximate surface area is 674 Å². The predicted octanol–water partition coefficient (Wildman–Crippen LogP) is 15.0. The van der Waals surface area contributed by atoms with Crippen LogP contribution in [0.5, 0.6) is 23.0 Å². The number of amides is 1. The molecule has 0 unspecified atom stereocenters. The Kier molecular flexibility index (Phi) is 39.3. The zero-order valence-corrected chi connectivity index (χ0v) is 75.3. The number of nitrogens with two attached hydrogens (primary N) is 2. The van der Waals surface area contributed by atoms with Crippen LogP contribution in [0.25, 0.3) is 22.5 Å². The van der Waals surface area contributed by atoms with Gasteiger partial charge in [0.2, 0.25) is 12.2 Å². The van der Waals surface area contributed by atoms with Crippen LogP contribution in [0.3, 0.4) is 0 Å². The monoisotopic (exact) mass is 1580 g/mol. The van der Waals surface area contributed by atoms with Crippen molar-refractivity contribution >= 4 is 35.4 Å². The molecule has 10 N–H and O–H groups in total. The predicted molar refractivity (Wildman–Crippen MR) is 452 cm³/mol. The van der Waals surface area contributed by atoms with Gasteiger partial charge in [-0.25, -0.2) is 29.5 Å². The van der Waals surface area contributed by atoms with E-state index in [2.05, 4.69) is 88.5 Å². The van der Waals surface area contributed by atoms with E-state index in [1.807, 2.05) is 168 Å². The first-order chi connectivity index (χ1) is 51.4. The van der Waals surface area contributed by atoms with Crippen molar-refractivity contribution in [2.75, 3.05) is 84.9 Å². The summed E-state index contributed by atoms with van der Waals surface area (Å²) in [6.07, 6.45) is 3.99. The Hall–Kier alpha value is -9.24. The van der Waals surface area contributed by atoms with Crippen molar-refractivity contribution in [3.05, 3.63) is 151 Å². The largest absolute Gasteiger partial charge is 0.507 e. The van der Waals surface area contributed by atoms with E-state index in [1.54, 1.807) is 91.6 Å². The molecular formula is C88H138N10O15. The molecule has 0 saturated heterocycles. The molecular weight excluding hydrogens is 1440 g/mol. The van der Waals surface area contributed by atoms with Crippen molar-refractivity contribution in [1.29, 1.82) is 0 Å². The van der Waals surface area contributed by atoms with Crippen LogP contribution in [0.4, 0.5) is 0 Å². The first kappa shape index (κ1) is 104. The Balaban J connectivity index is 0.00000141. The van der Waals surface area contributed by atoms with E-state index in [0.29, 0.717) is 79.0 Å². The molecule has 6 aromatic rings. The molecule has 25 nitrogen and oxygen atoms in total. The number of aromatic nitrogens is 4. The lowest BCUT2D eigenvalue weighted by molar-refractivity contribution is -0.179. The summed E-state index contributed by atoms with van der Waals surface area (Å²) in [6, 6.07) is 14.3. The fourth-order valence-corrected chi connectivity index (χ4v) is 11.2.